The number of aliphatic imine (C=N–C) groups is 1. The van der Waals surface area contributed by atoms with Crippen molar-refractivity contribution in [3.8, 4) is 0 Å². The van der Waals surface area contributed by atoms with Crippen LogP contribution < -0.4 is 0 Å². The lowest BCUT2D eigenvalue weighted by molar-refractivity contribution is -0.384. The average Bonchev–Trinajstić information content (AvgIpc) is 2.73. The highest BCUT2D eigenvalue weighted by Crippen LogP contribution is 2.38. The quantitative estimate of drug-likeness (QED) is 0.248. The number of benzene rings is 1. The Morgan fingerprint density at radius 2 is 1.93 bits per heavy atom. The minimum Gasteiger partial charge on any atom is -0.465 e. The Kier molecular flexibility index (Phi) is 8.67. The molecule has 1 aliphatic heterocycles. The molecule has 0 spiro atoms. The highest BCUT2D eigenvalue weighted by Gasteiger charge is 2.41. The summed E-state index contributed by atoms with van der Waals surface area (Å²) in [6.07, 6.45) is 2.20. The van der Waals surface area contributed by atoms with E-state index in [1.165, 1.54) is 24.4 Å². The van der Waals surface area contributed by atoms with E-state index in [-0.39, 0.29) is 31.1 Å². The first kappa shape index (κ1) is 23.2. The van der Waals surface area contributed by atoms with Crippen LogP contribution in [0.2, 0.25) is 0 Å². The molecule has 9 heteroatoms. The van der Waals surface area contributed by atoms with Crippen molar-refractivity contribution in [2.45, 2.75) is 33.1 Å². The van der Waals surface area contributed by atoms with Crippen molar-refractivity contribution in [3.05, 3.63) is 51.7 Å². The minimum absolute atomic E-state index is 0.0462. The first-order chi connectivity index (χ1) is 14.4. The summed E-state index contributed by atoms with van der Waals surface area (Å²) in [6, 6.07) is 5.84. The lowest BCUT2D eigenvalue weighted by atomic mass is 9.77. The van der Waals surface area contributed by atoms with Crippen LogP contribution in [0.1, 0.15) is 38.7 Å². The van der Waals surface area contributed by atoms with Crippen LogP contribution in [0.4, 0.5) is 5.69 Å². The van der Waals surface area contributed by atoms with Crippen LogP contribution in [0.15, 0.2) is 41.0 Å². The standard InChI is InChI=1S/C21H26N2O7/c1-4-9-28-10-11-30-20(24)17-13-22-14(3)18(21(25)29-5-2)19(17)15-7-6-8-16(12-15)23(26)27/h6-8,12-13,18-19H,4-5,9-11H2,1-3H3. The molecule has 0 saturated heterocycles. The normalized spacial score (nSPS) is 18.2. The van der Waals surface area contributed by atoms with Crippen molar-refractivity contribution in [1.82, 2.24) is 0 Å². The summed E-state index contributed by atoms with van der Waals surface area (Å²) in [5, 5.41) is 11.2. The fourth-order valence-electron chi connectivity index (χ4n) is 3.20. The van der Waals surface area contributed by atoms with Crippen molar-refractivity contribution in [2.24, 2.45) is 10.9 Å². The van der Waals surface area contributed by atoms with E-state index in [9.17, 15) is 19.7 Å². The number of hydrogen-bond donors (Lipinski definition) is 0. The molecular weight excluding hydrogens is 392 g/mol. The van der Waals surface area contributed by atoms with E-state index in [1.54, 1.807) is 19.9 Å². The third-order valence-corrected chi connectivity index (χ3v) is 4.55. The van der Waals surface area contributed by atoms with Crippen LogP contribution in [-0.4, -0.2) is 49.0 Å². The van der Waals surface area contributed by atoms with E-state index in [0.29, 0.717) is 17.9 Å². The molecule has 9 nitrogen and oxygen atoms in total. The van der Waals surface area contributed by atoms with E-state index < -0.39 is 28.7 Å². The number of nitrogens with zero attached hydrogens (tertiary/aromatic N) is 2. The van der Waals surface area contributed by atoms with Gasteiger partial charge in [0.1, 0.15) is 12.5 Å². The summed E-state index contributed by atoms with van der Waals surface area (Å²) >= 11 is 0. The molecule has 0 radical (unpaired) electrons. The van der Waals surface area contributed by atoms with Gasteiger partial charge < -0.3 is 14.2 Å². The van der Waals surface area contributed by atoms with Gasteiger partial charge in [0.25, 0.3) is 5.69 Å². The van der Waals surface area contributed by atoms with E-state index in [0.717, 1.165) is 6.42 Å². The van der Waals surface area contributed by atoms with E-state index in [2.05, 4.69) is 4.99 Å². The topological polar surface area (TPSA) is 117 Å². The van der Waals surface area contributed by atoms with Crippen LogP contribution in [0.5, 0.6) is 0 Å². The summed E-state index contributed by atoms with van der Waals surface area (Å²) in [4.78, 5) is 40.3. The highest BCUT2D eigenvalue weighted by molar-refractivity contribution is 6.06. The maximum atomic E-state index is 12.8. The SMILES string of the molecule is CCCOCCOC(=O)C1=CN=C(C)C(C(=O)OCC)C1c1cccc([N+](=O)[O-])c1. The van der Waals surface area contributed by atoms with Gasteiger partial charge in [-0.3, -0.25) is 19.9 Å². The number of rotatable bonds is 10. The number of nitro benzene ring substituents is 1. The second-order valence-corrected chi connectivity index (χ2v) is 6.66. The van der Waals surface area contributed by atoms with Crippen molar-refractivity contribution >= 4 is 23.3 Å². The van der Waals surface area contributed by atoms with Crippen LogP contribution >= 0.6 is 0 Å². The van der Waals surface area contributed by atoms with Gasteiger partial charge >= 0.3 is 11.9 Å². The molecule has 1 aromatic carbocycles. The van der Waals surface area contributed by atoms with Gasteiger partial charge in [-0.25, -0.2) is 4.79 Å². The van der Waals surface area contributed by atoms with Gasteiger partial charge in [-0.2, -0.15) is 0 Å². The average molecular weight is 418 g/mol. The van der Waals surface area contributed by atoms with E-state index >= 15 is 0 Å². The lowest BCUT2D eigenvalue weighted by Gasteiger charge is -2.29. The Balaban J connectivity index is 2.37. The molecule has 0 amide bonds. The fraction of sp³-hybridized carbons (Fsp3) is 0.476. The first-order valence-electron chi connectivity index (χ1n) is 9.80. The molecule has 162 valence electrons. The van der Waals surface area contributed by atoms with E-state index in [1.807, 2.05) is 6.92 Å². The zero-order valence-electron chi connectivity index (χ0n) is 17.3. The summed E-state index contributed by atoms with van der Waals surface area (Å²) in [5.41, 5.74) is 0.875. The van der Waals surface area contributed by atoms with Crippen molar-refractivity contribution in [3.63, 3.8) is 0 Å². The molecule has 1 aromatic rings. The zero-order chi connectivity index (χ0) is 22.1. The molecule has 0 N–H and O–H groups in total. The van der Waals surface area contributed by atoms with Gasteiger partial charge in [-0.1, -0.05) is 19.1 Å². The largest absolute Gasteiger partial charge is 0.465 e. The Labute approximate surface area is 174 Å². The number of carbonyl (C=O) groups is 2. The predicted octanol–water partition coefficient (Wildman–Crippen LogP) is 3.19. The van der Waals surface area contributed by atoms with Gasteiger partial charge in [0.2, 0.25) is 0 Å². The molecule has 2 unspecified atom stereocenters. The number of non-ortho nitro benzene ring substituents is 1. The Hall–Kier alpha value is -3.07. The van der Waals surface area contributed by atoms with Crippen molar-refractivity contribution in [1.29, 1.82) is 0 Å². The molecular formula is C21H26N2O7. The molecule has 2 atom stereocenters. The summed E-state index contributed by atoms with van der Waals surface area (Å²) in [7, 11) is 0. The van der Waals surface area contributed by atoms with Crippen LogP contribution in [0.3, 0.4) is 0 Å². The van der Waals surface area contributed by atoms with Crippen LogP contribution in [-0.2, 0) is 23.8 Å². The molecule has 0 bridgehead atoms. The number of hydrogen-bond acceptors (Lipinski definition) is 8. The zero-order valence-corrected chi connectivity index (χ0v) is 17.3. The van der Waals surface area contributed by atoms with Crippen molar-refractivity contribution in [2.75, 3.05) is 26.4 Å². The van der Waals surface area contributed by atoms with Gasteiger partial charge in [0.05, 0.1) is 23.7 Å². The maximum absolute atomic E-state index is 12.8. The first-order valence-corrected chi connectivity index (χ1v) is 9.80. The van der Waals surface area contributed by atoms with Gasteiger partial charge in [-0.15, -0.1) is 0 Å². The van der Waals surface area contributed by atoms with Gasteiger partial charge in [0.15, 0.2) is 0 Å². The third-order valence-electron chi connectivity index (χ3n) is 4.55. The Morgan fingerprint density at radius 1 is 1.17 bits per heavy atom. The lowest BCUT2D eigenvalue weighted by Crippen LogP contribution is -2.35. The number of ether oxygens (including phenoxy) is 3. The summed E-state index contributed by atoms with van der Waals surface area (Å²) in [6.45, 7) is 6.31. The number of nitro groups is 1. The Morgan fingerprint density at radius 3 is 2.60 bits per heavy atom. The van der Waals surface area contributed by atoms with Gasteiger partial charge in [-0.05, 0) is 25.8 Å². The monoisotopic (exact) mass is 418 g/mol. The molecule has 2 rings (SSSR count). The van der Waals surface area contributed by atoms with Crippen LogP contribution in [0, 0.1) is 16.0 Å². The molecule has 1 aliphatic rings. The highest BCUT2D eigenvalue weighted by atomic mass is 16.6. The Bertz CT molecular complexity index is 848. The minimum atomic E-state index is -0.893. The smallest absolute Gasteiger partial charge is 0.336 e. The molecule has 0 fully saturated rings. The predicted molar refractivity (Wildman–Crippen MR) is 109 cm³/mol. The number of esters is 2. The second kappa shape index (κ2) is 11.2. The maximum Gasteiger partial charge on any atom is 0.336 e. The summed E-state index contributed by atoms with van der Waals surface area (Å²) in [5.74, 6) is -2.92. The van der Waals surface area contributed by atoms with Crippen LogP contribution in [0.25, 0.3) is 0 Å². The second-order valence-electron chi connectivity index (χ2n) is 6.66. The third kappa shape index (κ3) is 5.73. The summed E-state index contributed by atoms with van der Waals surface area (Å²) < 4.78 is 15.8. The molecule has 0 saturated carbocycles. The van der Waals surface area contributed by atoms with Crippen molar-refractivity contribution < 1.29 is 28.7 Å². The number of carbonyl (C=O) groups excluding carboxylic acids is 2. The molecule has 0 aliphatic carbocycles. The molecule has 30 heavy (non-hydrogen) atoms. The van der Waals surface area contributed by atoms with Gasteiger partial charge in [0, 0.05) is 36.6 Å². The van der Waals surface area contributed by atoms with E-state index in [4.69, 9.17) is 14.2 Å². The fourth-order valence-corrected chi connectivity index (χ4v) is 3.20. The molecule has 1 heterocycles. The molecule has 0 aromatic heterocycles.